The van der Waals surface area contributed by atoms with Crippen LogP contribution in [0.1, 0.15) is 10.5 Å². The summed E-state index contributed by atoms with van der Waals surface area (Å²) < 4.78 is 4.76. The first-order valence-electron chi connectivity index (χ1n) is 5.78. The number of carbonyl (C=O) groups excluding carboxylic acids is 3. The molecule has 0 radical (unpaired) electrons. The SMILES string of the molecule is O=C(OCC(=O)N1CCNC1=O)c1nc(Cl)c(Cl)c(Cl)c1Cl. The number of ether oxygens (including phenoxy) is 1. The number of hydrogen-bond acceptors (Lipinski definition) is 5. The van der Waals surface area contributed by atoms with Gasteiger partial charge >= 0.3 is 12.0 Å². The fraction of sp³-hybridized carbons (Fsp3) is 0.273. The molecule has 0 bridgehead atoms. The molecule has 118 valence electrons. The van der Waals surface area contributed by atoms with Crippen molar-refractivity contribution in [2.75, 3.05) is 19.7 Å². The molecule has 0 aliphatic carbocycles. The van der Waals surface area contributed by atoms with Gasteiger partial charge in [-0.05, 0) is 0 Å². The lowest BCUT2D eigenvalue weighted by atomic mass is 10.3. The maximum Gasteiger partial charge on any atom is 0.359 e. The lowest BCUT2D eigenvalue weighted by molar-refractivity contribution is -0.130. The molecule has 1 aliphatic heterocycles. The number of halogens is 4. The Morgan fingerprint density at radius 3 is 2.45 bits per heavy atom. The second-order valence-corrected chi connectivity index (χ2v) is 5.54. The highest BCUT2D eigenvalue weighted by molar-refractivity contribution is 6.52. The Morgan fingerprint density at radius 2 is 1.86 bits per heavy atom. The number of imide groups is 1. The van der Waals surface area contributed by atoms with Crippen molar-refractivity contribution < 1.29 is 19.1 Å². The first-order chi connectivity index (χ1) is 10.3. The zero-order valence-electron chi connectivity index (χ0n) is 10.7. The Kier molecular flexibility index (Phi) is 5.33. The van der Waals surface area contributed by atoms with Gasteiger partial charge < -0.3 is 10.1 Å². The van der Waals surface area contributed by atoms with Gasteiger partial charge in [0.05, 0.1) is 15.1 Å². The van der Waals surface area contributed by atoms with Gasteiger partial charge in [0.1, 0.15) is 5.15 Å². The van der Waals surface area contributed by atoms with Crippen molar-refractivity contribution in [2.24, 2.45) is 0 Å². The number of nitrogens with one attached hydrogen (secondary N) is 1. The maximum atomic E-state index is 11.9. The number of urea groups is 1. The van der Waals surface area contributed by atoms with E-state index in [1.807, 2.05) is 0 Å². The van der Waals surface area contributed by atoms with Gasteiger partial charge in [0.25, 0.3) is 5.91 Å². The molecule has 3 amide bonds. The van der Waals surface area contributed by atoms with Crippen LogP contribution in [0.4, 0.5) is 4.79 Å². The summed E-state index contributed by atoms with van der Waals surface area (Å²) in [6, 6.07) is -0.546. The zero-order valence-corrected chi connectivity index (χ0v) is 13.7. The second kappa shape index (κ2) is 6.87. The van der Waals surface area contributed by atoms with Crippen LogP contribution < -0.4 is 5.32 Å². The highest BCUT2D eigenvalue weighted by Crippen LogP contribution is 2.36. The minimum absolute atomic E-state index is 0.102. The summed E-state index contributed by atoms with van der Waals surface area (Å²) >= 11 is 23.0. The van der Waals surface area contributed by atoms with Gasteiger partial charge in [0, 0.05) is 13.1 Å². The van der Waals surface area contributed by atoms with Crippen molar-refractivity contribution in [1.29, 1.82) is 0 Å². The van der Waals surface area contributed by atoms with Crippen molar-refractivity contribution in [3.05, 3.63) is 25.9 Å². The normalized spacial score (nSPS) is 14.0. The summed E-state index contributed by atoms with van der Waals surface area (Å²) in [6.45, 7) is -0.108. The Labute approximate surface area is 144 Å². The van der Waals surface area contributed by atoms with Crippen molar-refractivity contribution in [2.45, 2.75) is 0 Å². The van der Waals surface area contributed by atoms with Crippen LogP contribution in [0.3, 0.4) is 0 Å². The van der Waals surface area contributed by atoms with Gasteiger partial charge in [-0.2, -0.15) is 0 Å². The molecular formula is C11H7Cl4N3O4. The number of amides is 3. The van der Waals surface area contributed by atoms with E-state index >= 15 is 0 Å². The summed E-state index contributed by atoms with van der Waals surface area (Å²) in [4.78, 5) is 39.5. The molecule has 7 nitrogen and oxygen atoms in total. The van der Waals surface area contributed by atoms with E-state index in [1.54, 1.807) is 0 Å². The molecule has 22 heavy (non-hydrogen) atoms. The molecule has 2 heterocycles. The molecule has 1 aromatic heterocycles. The van der Waals surface area contributed by atoms with E-state index in [9.17, 15) is 14.4 Å². The molecule has 1 fully saturated rings. The molecule has 1 aliphatic rings. The first kappa shape index (κ1) is 17.1. The maximum absolute atomic E-state index is 11.9. The standard InChI is InChI=1S/C11H7Cl4N3O4/c12-5-6(13)8(17-9(15)7(5)14)10(20)22-3-4(19)18-2-1-16-11(18)21/h1-3H2,(H,16,21). The Balaban J connectivity index is 2.07. The van der Waals surface area contributed by atoms with Crippen LogP contribution in [0.2, 0.25) is 20.2 Å². The molecule has 2 rings (SSSR count). The van der Waals surface area contributed by atoms with Crippen LogP contribution in [0, 0.1) is 0 Å². The van der Waals surface area contributed by atoms with E-state index in [0.717, 1.165) is 4.90 Å². The topological polar surface area (TPSA) is 88.6 Å². The van der Waals surface area contributed by atoms with Gasteiger partial charge in [-0.1, -0.05) is 46.4 Å². The lowest BCUT2D eigenvalue weighted by Crippen LogP contribution is -2.37. The number of carbonyl (C=O) groups is 3. The van der Waals surface area contributed by atoms with Crippen molar-refractivity contribution in [3.8, 4) is 0 Å². The number of esters is 1. The van der Waals surface area contributed by atoms with Gasteiger partial charge in [0.2, 0.25) is 0 Å². The van der Waals surface area contributed by atoms with Crippen LogP contribution in [0.15, 0.2) is 0 Å². The van der Waals surface area contributed by atoms with Crippen LogP contribution in [-0.4, -0.2) is 47.5 Å². The van der Waals surface area contributed by atoms with Crippen molar-refractivity contribution in [1.82, 2.24) is 15.2 Å². The highest BCUT2D eigenvalue weighted by Gasteiger charge is 2.28. The monoisotopic (exact) mass is 385 g/mol. The average molecular weight is 387 g/mol. The minimum atomic E-state index is -1.02. The van der Waals surface area contributed by atoms with Gasteiger partial charge in [0.15, 0.2) is 12.3 Å². The fourth-order valence-electron chi connectivity index (χ4n) is 1.61. The third-order valence-corrected chi connectivity index (χ3v) is 4.34. The first-order valence-corrected chi connectivity index (χ1v) is 7.29. The number of pyridine rings is 1. The summed E-state index contributed by atoms with van der Waals surface area (Å²) in [7, 11) is 0. The molecule has 0 spiro atoms. The van der Waals surface area contributed by atoms with E-state index < -0.39 is 24.5 Å². The van der Waals surface area contributed by atoms with Crippen molar-refractivity contribution >= 4 is 64.3 Å². The highest BCUT2D eigenvalue weighted by atomic mass is 35.5. The summed E-state index contributed by atoms with van der Waals surface area (Å²) in [5.74, 6) is -1.69. The molecule has 0 unspecified atom stereocenters. The third kappa shape index (κ3) is 3.38. The fourth-order valence-corrected chi connectivity index (χ4v) is 2.41. The van der Waals surface area contributed by atoms with Crippen LogP contribution >= 0.6 is 46.4 Å². The van der Waals surface area contributed by atoms with Crippen LogP contribution in [-0.2, 0) is 9.53 Å². The van der Waals surface area contributed by atoms with Crippen LogP contribution in [0.25, 0.3) is 0 Å². The molecule has 0 atom stereocenters. The zero-order chi connectivity index (χ0) is 16.4. The van der Waals surface area contributed by atoms with Crippen molar-refractivity contribution in [3.63, 3.8) is 0 Å². The molecule has 1 N–H and O–H groups in total. The quantitative estimate of drug-likeness (QED) is 0.636. The summed E-state index contributed by atoms with van der Waals surface area (Å²) in [6.07, 6.45) is 0. The molecule has 11 heteroatoms. The lowest BCUT2D eigenvalue weighted by Gasteiger charge is -2.12. The van der Waals surface area contributed by atoms with Gasteiger partial charge in [-0.3, -0.25) is 9.69 Å². The second-order valence-electron chi connectivity index (χ2n) is 4.05. The predicted molar refractivity (Wildman–Crippen MR) is 79.7 cm³/mol. The van der Waals surface area contributed by atoms with Gasteiger partial charge in [-0.25, -0.2) is 14.6 Å². The smallest absolute Gasteiger partial charge is 0.359 e. The van der Waals surface area contributed by atoms with E-state index in [-0.39, 0.29) is 32.5 Å². The molecule has 0 aromatic carbocycles. The van der Waals surface area contributed by atoms with Crippen LogP contribution in [0.5, 0.6) is 0 Å². The Morgan fingerprint density at radius 1 is 1.18 bits per heavy atom. The van der Waals surface area contributed by atoms with E-state index in [1.165, 1.54) is 0 Å². The van der Waals surface area contributed by atoms with E-state index in [4.69, 9.17) is 51.1 Å². The molecular weight excluding hydrogens is 380 g/mol. The molecule has 1 aromatic rings. The van der Waals surface area contributed by atoms with E-state index in [2.05, 4.69) is 10.3 Å². The number of rotatable bonds is 3. The largest absolute Gasteiger partial charge is 0.451 e. The number of aromatic nitrogens is 1. The number of nitrogens with zero attached hydrogens (tertiary/aromatic N) is 2. The third-order valence-electron chi connectivity index (χ3n) is 2.66. The average Bonchev–Trinajstić information content (AvgIpc) is 2.92. The minimum Gasteiger partial charge on any atom is -0.451 e. The predicted octanol–water partition coefficient (Wildman–Crippen LogP) is 2.40. The molecule has 1 saturated heterocycles. The number of hydrogen-bond donors (Lipinski definition) is 1. The summed E-state index contributed by atoms with van der Waals surface area (Å²) in [5.41, 5.74) is -0.375. The summed E-state index contributed by atoms with van der Waals surface area (Å²) in [5, 5.41) is 1.72. The van der Waals surface area contributed by atoms with Gasteiger partial charge in [-0.15, -0.1) is 0 Å². The Bertz CT molecular complexity index is 667. The van der Waals surface area contributed by atoms with E-state index in [0.29, 0.717) is 6.54 Å². The Hall–Kier alpha value is -1.28. The molecule has 0 saturated carbocycles.